The zero-order valence-corrected chi connectivity index (χ0v) is 7.88. The summed E-state index contributed by atoms with van der Waals surface area (Å²) in [5.41, 5.74) is 5.23. The van der Waals surface area contributed by atoms with Gasteiger partial charge in [-0.05, 0) is 12.1 Å². The van der Waals surface area contributed by atoms with Gasteiger partial charge in [0.2, 0.25) is 0 Å². The van der Waals surface area contributed by atoms with Crippen LogP contribution in [0.5, 0.6) is 0 Å². The van der Waals surface area contributed by atoms with E-state index in [-0.39, 0.29) is 16.3 Å². The molecule has 0 radical (unpaired) electrons. The minimum Gasteiger partial charge on any atom is -0.384 e. The fourth-order valence-corrected chi connectivity index (χ4v) is 1.80. The molecule has 0 bridgehead atoms. The fraction of sp³-hybridized carbons (Fsp3) is 0. The van der Waals surface area contributed by atoms with Gasteiger partial charge in [-0.3, -0.25) is 5.41 Å². The van der Waals surface area contributed by atoms with E-state index in [2.05, 4.69) is 0 Å². The van der Waals surface area contributed by atoms with Gasteiger partial charge in [0.25, 0.3) is 10.0 Å². The molecule has 0 aliphatic heterocycles. The summed E-state index contributed by atoms with van der Waals surface area (Å²) < 4.78 is 22.4. The Morgan fingerprint density at radius 3 is 2.50 bits per heavy atom. The summed E-state index contributed by atoms with van der Waals surface area (Å²) in [7, 11) is -3.99. The van der Waals surface area contributed by atoms with Crippen LogP contribution in [-0.2, 0) is 10.0 Å². The molecule has 0 spiro atoms. The minimum atomic E-state index is -3.99. The van der Waals surface area contributed by atoms with Crippen LogP contribution in [0, 0.1) is 5.41 Å². The second-order valence-corrected chi connectivity index (χ2v) is 4.13. The van der Waals surface area contributed by atoms with Crippen LogP contribution >= 0.6 is 0 Å². The Morgan fingerprint density at radius 1 is 1.43 bits per heavy atom. The van der Waals surface area contributed by atoms with E-state index in [1.807, 2.05) is 0 Å². The molecular weight excluding hydrogens is 206 g/mol. The molecule has 7 heteroatoms. The minimum absolute atomic E-state index is 0.0500. The highest BCUT2D eigenvalue weighted by Crippen LogP contribution is 2.13. The number of amidine groups is 1. The summed E-state index contributed by atoms with van der Waals surface area (Å²) in [5.74, 6) is -0.376. The van der Waals surface area contributed by atoms with E-state index in [0.717, 1.165) is 0 Å². The van der Waals surface area contributed by atoms with E-state index in [4.69, 9.17) is 16.4 Å². The predicted molar refractivity (Wildman–Crippen MR) is 49.6 cm³/mol. The first kappa shape index (κ1) is 10.6. The molecule has 1 aromatic carbocycles. The lowest BCUT2D eigenvalue weighted by Crippen LogP contribution is -2.24. The number of benzene rings is 1. The summed E-state index contributed by atoms with van der Waals surface area (Å²) in [5, 5.41) is 15.5. The van der Waals surface area contributed by atoms with Crippen LogP contribution < -0.4 is 10.6 Å². The van der Waals surface area contributed by atoms with Crippen molar-refractivity contribution < 1.29 is 13.6 Å². The summed E-state index contributed by atoms with van der Waals surface area (Å²) in [6.07, 6.45) is 0. The summed E-state index contributed by atoms with van der Waals surface area (Å²) in [4.78, 5) is 0.946. The zero-order valence-electron chi connectivity index (χ0n) is 7.06. The molecule has 6 nitrogen and oxygen atoms in total. The molecule has 1 rings (SSSR count). The maximum Gasteiger partial charge on any atom is 0.262 e. The van der Waals surface area contributed by atoms with Crippen molar-refractivity contribution in [2.24, 2.45) is 5.73 Å². The van der Waals surface area contributed by atoms with E-state index < -0.39 is 10.0 Å². The molecule has 14 heavy (non-hydrogen) atoms. The molecule has 0 unspecified atom stereocenters. The van der Waals surface area contributed by atoms with Crippen LogP contribution in [-0.4, -0.2) is 19.5 Å². The lowest BCUT2D eigenvalue weighted by molar-refractivity contribution is 0.242. The molecule has 0 amide bonds. The van der Waals surface area contributed by atoms with Crippen LogP contribution in [0.3, 0.4) is 0 Å². The Labute approximate surface area is 80.9 Å². The monoisotopic (exact) mass is 215 g/mol. The molecule has 1 aromatic rings. The lowest BCUT2D eigenvalue weighted by Gasteiger charge is -2.06. The van der Waals surface area contributed by atoms with Gasteiger partial charge in [0.15, 0.2) is 0 Å². The van der Waals surface area contributed by atoms with E-state index >= 15 is 0 Å². The molecule has 0 aliphatic carbocycles. The van der Waals surface area contributed by atoms with E-state index in [9.17, 15) is 8.42 Å². The average molecular weight is 215 g/mol. The van der Waals surface area contributed by atoms with Crippen LogP contribution in [0.4, 0.5) is 0 Å². The number of nitrogen functional groups attached to an aromatic ring is 1. The van der Waals surface area contributed by atoms with Crippen molar-refractivity contribution in [2.75, 3.05) is 0 Å². The van der Waals surface area contributed by atoms with Crippen molar-refractivity contribution >= 4 is 15.9 Å². The highest BCUT2D eigenvalue weighted by Gasteiger charge is 2.17. The Hall–Kier alpha value is -1.44. The van der Waals surface area contributed by atoms with Gasteiger partial charge in [0.05, 0.1) is 4.90 Å². The molecule has 0 aromatic heterocycles. The third kappa shape index (κ3) is 1.90. The lowest BCUT2D eigenvalue weighted by atomic mass is 10.2. The van der Waals surface area contributed by atoms with Gasteiger partial charge in [-0.15, -0.1) is 0 Å². The molecule has 0 saturated heterocycles. The molecule has 0 saturated carbocycles. The Kier molecular flexibility index (Phi) is 2.84. The average Bonchev–Trinajstić information content (AvgIpc) is 2.18. The molecule has 5 N–H and O–H groups in total. The zero-order chi connectivity index (χ0) is 10.8. The van der Waals surface area contributed by atoms with Crippen LogP contribution in [0.25, 0.3) is 0 Å². The Bertz CT molecular complexity index is 455. The standard InChI is InChI=1S/C7H9N3O3S/c8-7(9)5-3-1-2-4-6(5)14(12,13)10-11/h1-4,10-11H,(H3,8,9). The second kappa shape index (κ2) is 3.74. The van der Waals surface area contributed by atoms with Crippen molar-refractivity contribution in [2.45, 2.75) is 4.90 Å². The van der Waals surface area contributed by atoms with Gasteiger partial charge >= 0.3 is 0 Å². The smallest absolute Gasteiger partial charge is 0.262 e. The number of hydrogen-bond donors (Lipinski definition) is 4. The maximum absolute atomic E-state index is 11.2. The van der Waals surface area contributed by atoms with Crippen LogP contribution in [0.2, 0.25) is 0 Å². The Morgan fingerprint density at radius 2 is 2.00 bits per heavy atom. The summed E-state index contributed by atoms with van der Waals surface area (Å²) in [6, 6.07) is 5.64. The summed E-state index contributed by atoms with van der Waals surface area (Å²) >= 11 is 0. The molecule has 0 atom stereocenters. The summed E-state index contributed by atoms with van der Waals surface area (Å²) in [6.45, 7) is 0. The molecule has 76 valence electrons. The van der Waals surface area contributed by atoms with Crippen LogP contribution in [0.15, 0.2) is 29.2 Å². The second-order valence-electron chi connectivity index (χ2n) is 2.50. The van der Waals surface area contributed by atoms with E-state index in [1.54, 1.807) is 6.07 Å². The van der Waals surface area contributed by atoms with Gasteiger partial charge in [-0.2, -0.15) is 0 Å². The Balaban J connectivity index is 3.42. The van der Waals surface area contributed by atoms with Gasteiger partial charge in [-0.25, -0.2) is 8.42 Å². The number of nitrogens with one attached hydrogen (secondary N) is 2. The number of hydrogen-bond acceptors (Lipinski definition) is 4. The normalized spacial score (nSPS) is 11.2. The van der Waals surface area contributed by atoms with Crippen molar-refractivity contribution in [1.82, 2.24) is 4.89 Å². The van der Waals surface area contributed by atoms with Gasteiger partial charge in [-0.1, -0.05) is 17.0 Å². The third-order valence-corrected chi connectivity index (χ3v) is 2.76. The third-order valence-electron chi connectivity index (χ3n) is 1.59. The maximum atomic E-state index is 11.2. The molecule has 0 heterocycles. The van der Waals surface area contributed by atoms with Crippen molar-refractivity contribution in [3.63, 3.8) is 0 Å². The van der Waals surface area contributed by atoms with Gasteiger partial charge in [0.1, 0.15) is 5.84 Å². The van der Waals surface area contributed by atoms with E-state index in [0.29, 0.717) is 0 Å². The predicted octanol–water partition coefficient (Wildman–Crippen LogP) is -0.362. The SMILES string of the molecule is N=C(N)c1ccccc1S(=O)(=O)NO. The van der Waals surface area contributed by atoms with Gasteiger partial charge < -0.3 is 10.9 Å². The highest BCUT2D eigenvalue weighted by atomic mass is 32.2. The van der Waals surface area contributed by atoms with Crippen molar-refractivity contribution in [3.05, 3.63) is 29.8 Å². The fourth-order valence-electron chi connectivity index (χ4n) is 0.973. The molecule has 0 fully saturated rings. The first-order valence-corrected chi connectivity index (χ1v) is 5.06. The number of rotatable bonds is 3. The number of sulfonamides is 1. The van der Waals surface area contributed by atoms with Crippen molar-refractivity contribution in [1.29, 1.82) is 5.41 Å². The first-order valence-electron chi connectivity index (χ1n) is 3.58. The molecular formula is C7H9N3O3S. The largest absolute Gasteiger partial charge is 0.384 e. The quantitative estimate of drug-likeness (QED) is 0.313. The topological polar surface area (TPSA) is 116 Å². The van der Waals surface area contributed by atoms with E-state index in [1.165, 1.54) is 23.1 Å². The van der Waals surface area contributed by atoms with Gasteiger partial charge in [0, 0.05) is 5.56 Å². The number of nitrogens with two attached hydrogens (primary N) is 1. The van der Waals surface area contributed by atoms with Crippen molar-refractivity contribution in [3.8, 4) is 0 Å². The first-order chi connectivity index (χ1) is 6.49. The highest BCUT2D eigenvalue weighted by molar-refractivity contribution is 7.89. The molecule has 0 aliphatic rings. The van der Waals surface area contributed by atoms with Crippen LogP contribution in [0.1, 0.15) is 5.56 Å².